The van der Waals surface area contributed by atoms with Gasteiger partial charge in [-0.15, -0.1) is 0 Å². The molecule has 0 radical (unpaired) electrons. The lowest BCUT2D eigenvalue weighted by atomic mass is 10.0. The summed E-state index contributed by atoms with van der Waals surface area (Å²) >= 11 is 1.62. The highest BCUT2D eigenvalue weighted by atomic mass is 32.2. The van der Waals surface area contributed by atoms with Crippen LogP contribution in [-0.2, 0) is 0 Å². The fourth-order valence-corrected chi connectivity index (χ4v) is 4.72. The molecule has 0 N–H and O–H groups in total. The zero-order valence-corrected chi connectivity index (χ0v) is 17.6. The second-order valence-electron chi connectivity index (χ2n) is 7.11. The van der Waals surface area contributed by atoms with Crippen LogP contribution in [-0.4, -0.2) is 32.9 Å². The molecule has 2 aromatic carbocycles. The SMILES string of the molecule is CCC1CSC(=Nc2cccc(C)c2)N1C(=O)c1c(-c2ccccc2)noc1C. The van der Waals surface area contributed by atoms with Crippen LogP contribution < -0.4 is 0 Å². The Morgan fingerprint density at radius 2 is 2.00 bits per heavy atom. The normalized spacial score (nSPS) is 17.8. The van der Waals surface area contributed by atoms with Gasteiger partial charge in [0.25, 0.3) is 5.91 Å². The molecule has 1 fully saturated rings. The van der Waals surface area contributed by atoms with Gasteiger partial charge in [-0.3, -0.25) is 9.69 Å². The molecule has 1 atom stereocenters. The minimum atomic E-state index is -0.106. The molecular weight excluding hydrogens is 382 g/mol. The number of benzene rings is 2. The van der Waals surface area contributed by atoms with E-state index in [2.05, 4.69) is 12.1 Å². The number of aryl methyl sites for hydroxylation is 2. The first kappa shape index (κ1) is 19.5. The van der Waals surface area contributed by atoms with E-state index in [0.29, 0.717) is 17.0 Å². The number of rotatable bonds is 4. The number of aromatic nitrogens is 1. The van der Waals surface area contributed by atoms with Gasteiger partial charge in [0.05, 0.1) is 5.69 Å². The Hall–Kier alpha value is -2.86. The van der Waals surface area contributed by atoms with Crippen molar-refractivity contribution in [3.05, 3.63) is 71.5 Å². The van der Waals surface area contributed by atoms with Gasteiger partial charge in [0.15, 0.2) is 5.17 Å². The van der Waals surface area contributed by atoms with Crippen LogP contribution in [0.4, 0.5) is 5.69 Å². The van der Waals surface area contributed by atoms with Gasteiger partial charge in [0, 0.05) is 17.4 Å². The smallest absolute Gasteiger partial charge is 0.266 e. The zero-order valence-electron chi connectivity index (χ0n) is 16.8. The van der Waals surface area contributed by atoms with Gasteiger partial charge < -0.3 is 4.52 Å². The van der Waals surface area contributed by atoms with E-state index >= 15 is 0 Å². The Bertz CT molecular complexity index is 1060. The second-order valence-corrected chi connectivity index (χ2v) is 8.10. The number of nitrogens with zero attached hydrogens (tertiary/aromatic N) is 3. The molecule has 4 rings (SSSR count). The Labute approximate surface area is 174 Å². The Morgan fingerprint density at radius 3 is 2.72 bits per heavy atom. The maximum atomic E-state index is 13.7. The molecule has 0 aliphatic carbocycles. The number of carbonyl (C=O) groups is 1. The van der Waals surface area contributed by atoms with Crippen LogP contribution in [0.5, 0.6) is 0 Å². The van der Waals surface area contributed by atoms with E-state index in [9.17, 15) is 4.79 Å². The molecule has 1 saturated heterocycles. The van der Waals surface area contributed by atoms with Gasteiger partial charge in [-0.05, 0) is 38.0 Å². The summed E-state index contributed by atoms with van der Waals surface area (Å²) in [5, 5.41) is 4.91. The maximum Gasteiger partial charge on any atom is 0.266 e. The molecule has 1 aromatic heterocycles. The van der Waals surface area contributed by atoms with Gasteiger partial charge >= 0.3 is 0 Å². The van der Waals surface area contributed by atoms with Gasteiger partial charge in [0.1, 0.15) is 17.0 Å². The summed E-state index contributed by atoms with van der Waals surface area (Å²) in [4.78, 5) is 20.3. The third-order valence-electron chi connectivity index (χ3n) is 5.02. The van der Waals surface area contributed by atoms with Crippen molar-refractivity contribution in [2.75, 3.05) is 5.75 Å². The van der Waals surface area contributed by atoms with E-state index in [1.807, 2.05) is 66.4 Å². The zero-order chi connectivity index (χ0) is 20.4. The summed E-state index contributed by atoms with van der Waals surface area (Å²) in [5.74, 6) is 1.25. The highest BCUT2D eigenvalue weighted by Crippen LogP contribution is 2.33. The molecule has 3 aromatic rings. The number of thioether (sulfide) groups is 1. The third-order valence-corrected chi connectivity index (χ3v) is 6.11. The van der Waals surface area contributed by atoms with Crippen LogP contribution in [0.15, 0.2) is 64.1 Å². The van der Waals surface area contributed by atoms with E-state index < -0.39 is 0 Å². The minimum Gasteiger partial charge on any atom is -0.360 e. The van der Waals surface area contributed by atoms with E-state index in [-0.39, 0.29) is 11.9 Å². The summed E-state index contributed by atoms with van der Waals surface area (Å²) in [7, 11) is 0. The number of carbonyl (C=O) groups excluding carboxylic acids is 1. The third kappa shape index (κ3) is 3.85. The van der Waals surface area contributed by atoms with Crippen molar-refractivity contribution in [2.45, 2.75) is 33.2 Å². The summed E-state index contributed by atoms with van der Waals surface area (Å²) in [5.41, 5.74) is 3.95. The van der Waals surface area contributed by atoms with Crippen LogP contribution in [0.1, 0.15) is 35.0 Å². The number of amidine groups is 1. The predicted molar refractivity (Wildman–Crippen MR) is 118 cm³/mol. The van der Waals surface area contributed by atoms with E-state index in [1.54, 1.807) is 18.7 Å². The van der Waals surface area contributed by atoms with Gasteiger partial charge in [-0.2, -0.15) is 0 Å². The Morgan fingerprint density at radius 1 is 1.21 bits per heavy atom. The Kier molecular flexibility index (Phi) is 5.53. The summed E-state index contributed by atoms with van der Waals surface area (Å²) in [6.07, 6.45) is 0.858. The van der Waals surface area contributed by atoms with Gasteiger partial charge in [-0.1, -0.05) is 66.3 Å². The first-order chi connectivity index (χ1) is 14.1. The number of aliphatic imine (C=N–C) groups is 1. The first-order valence-corrected chi connectivity index (χ1v) is 10.7. The number of amides is 1. The fraction of sp³-hybridized carbons (Fsp3) is 0.261. The Balaban J connectivity index is 1.76. The van der Waals surface area contributed by atoms with Crippen LogP contribution in [0, 0.1) is 13.8 Å². The highest BCUT2D eigenvalue weighted by molar-refractivity contribution is 8.14. The minimum absolute atomic E-state index is 0.0917. The molecule has 1 unspecified atom stereocenters. The molecule has 0 saturated carbocycles. The molecular formula is C23H23N3O2S. The molecule has 29 heavy (non-hydrogen) atoms. The molecule has 0 spiro atoms. The van der Waals surface area contributed by atoms with Crippen LogP contribution in [0.2, 0.25) is 0 Å². The monoisotopic (exact) mass is 405 g/mol. The molecule has 148 valence electrons. The molecule has 6 heteroatoms. The lowest BCUT2D eigenvalue weighted by Gasteiger charge is -2.23. The predicted octanol–water partition coefficient (Wildman–Crippen LogP) is 5.61. The molecule has 1 aliphatic heterocycles. The summed E-state index contributed by atoms with van der Waals surface area (Å²) in [6, 6.07) is 17.8. The highest BCUT2D eigenvalue weighted by Gasteiger charge is 2.37. The van der Waals surface area contributed by atoms with Crippen molar-refractivity contribution in [1.29, 1.82) is 0 Å². The lowest BCUT2D eigenvalue weighted by Crippen LogP contribution is -2.39. The fourth-order valence-electron chi connectivity index (χ4n) is 3.46. The largest absolute Gasteiger partial charge is 0.360 e. The van der Waals surface area contributed by atoms with Crippen molar-refractivity contribution >= 4 is 28.5 Å². The van der Waals surface area contributed by atoms with Crippen molar-refractivity contribution in [3.8, 4) is 11.3 Å². The summed E-state index contributed by atoms with van der Waals surface area (Å²) < 4.78 is 5.42. The second kappa shape index (κ2) is 8.25. The average molecular weight is 406 g/mol. The molecule has 0 bridgehead atoms. The average Bonchev–Trinajstić information content (AvgIpc) is 3.31. The van der Waals surface area contributed by atoms with Crippen LogP contribution in [0.3, 0.4) is 0 Å². The number of hydrogen-bond donors (Lipinski definition) is 0. The van der Waals surface area contributed by atoms with E-state index in [1.165, 1.54) is 0 Å². The summed E-state index contributed by atoms with van der Waals surface area (Å²) in [6.45, 7) is 5.92. The quantitative estimate of drug-likeness (QED) is 0.566. The van der Waals surface area contributed by atoms with E-state index in [4.69, 9.17) is 9.52 Å². The maximum absolute atomic E-state index is 13.7. The van der Waals surface area contributed by atoms with E-state index in [0.717, 1.165) is 34.2 Å². The first-order valence-electron chi connectivity index (χ1n) is 9.72. The van der Waals surface area contributed by atoms with Crippen molar-refractivity contribution in [3.63, 3.8) is 0 Å². The van der Waals surface area contributed by atoms with Crippen LogP contribution >= 0.6 is 11.8 Å². The molecule has 5 nitrogen and oxygen atoms in total. The van der Waals surface area contributed by atoms with Crippen molar-refractivity contribution < 1.29 is 9.32 Å². The van der Waals surface area contributed by atoms with Crippen molar-refractivity contribution in [1.82, 2.24) is 10.1 Å². The van der Waals surface area contributed by atoms with Gasteiger partial charge in [0.2, 0.25) is 0 Å². The molecule has 1 amide bonds. The molecule has 1 aliphatic rings. The lowest BCUT2D eigenvalue weighted by molar-refractivity contribution is 0.0818. The van der Waals surface area contributed by atoms with Gasteiger partial charge in [-0.25, -0.2) is 4.99 Å². The van der Waals surface area contributed by atoms with Crippen LogP contribution in [0.25, 0.3) is 11.3 Å². The topological polar surface area (TPSA) is 58.7 Å². The standard InChI is InChI=1S/C23H23N3O2S/c1-4-19-14-29-23(24-18-12-8-9-15(2)13-18)26(19)22(27)20-16(3)28-25-21(20)17-10-6-5-7-11-17/h5-13,19H,4,14H2,1-3H3. The van der Waals surface area contributed by atoms with Crippen molar-refractivity contribution in [2.24, 2.45) is 4.99 Å². The molecule has 2 heterocycles. The number of hydrogen-bond acceptors (Lipinski definition) is 5.